The van der Waals surface area contributed by atoms with Gasteiger partial charge in [0.05, 0.1) is 6.61 Å². The molecule has 7 atom stereocenters. The van der Waals surface area contributed by atoms with E-state index in [1.54, 1.807) is 0 Å². The van der Waals surface area contributed by atoms with Gasteiger partial charge in [-0.25, -0.2) is 13.4 Å². The number of hydrogen-bond donors (Lipinski definition) is 4. The monoisotopic (exact) mass is 586 g/mol. The van der Waals surface area contributed by atoms with Gasteiger partial charge in [-0.15, -0.1) is 0 Å². The van der Waals surface area contributed by atoms with Crippen LogP contribution in [0, 0.1) is 0 Å². The van der Waals surface area contributed by atoms with Gasteiger partial charge in [0, 0.05) is 12.3 Å². The Labute approximate surface area is 255 Å². The number of phosphoric acid groups is 3. The zero-order chi connectivity index (χ0) is 22.2. The molecule has 8 N–H and O–H groups in total. The molecule has 7 unspecified atom stereocenters. The first-order chi connectivity index (χ1) is 13.1. The average Bonchev–Trinajstić information content (AvgIpc) is 2.78. The van der Waals surface area contributed by atoms with Gasteiger partial charge in [0.1, 0.15) is 18.3 Å². The number of aromatic nitrogens is 2. The van der Waals surface area contributed by atoms with Crippen molar-refractivity contribution in [2.75, 3.05) is 6.61 Å². The maximum atomic E-state index is 11.7. The number of ether oxygens (including phenoxy) is 1. The number of phosphoric ester groups is 1. The van der Waals surface area contributed by atoms with Gasteiger partial charge in [-0.05, 0) is 0 Å². The molecule has 0 amide bonds. The van der Waals surface area contributed by atoms with E-state index in [4.69, 9.17) is 9.63 Å². The zero-order valence-corrected chi connectivity index (χ0v) is 26.4. The van der Waals surface area contributed by atoms with Crippen molar-refractivity contribution < 1.29 is 161 Å². The van der Waals surface area contributed by atoms with Crippen molar-refractivity contribution in [3.05, 3.63) is 33.1 Å². The maximum absolute atomic E-state index is 11.7. The van der Waals surface area contributed by atoms with Crippen LogP contribution in [0.3, 0.4) is 0 Å². The summed E-state index contributed by atoms with van der Waals surface area (Å²) in [6.45, 7) is -1.15. The SMILES string of the molecule is O.O.O=c1ccn(C2OC(COP(=O)([O-])OP(=O)([O-])OP(=O)([O-])O)C(O)C2O)c(=O)[nH]1.[Na+].[Na+].[Na+]. The van der Waals surface area contributed by atoms with Gasteiger partial charge < -0.3 is 50.0 Å². The summed E-state index contributed by atoms with van der Waals surface area (Å²) in [5.74, 6) is 0. The van der Waals surface area contributed by atoms with Crippen molar-refractivity contribution in [1.82, 2.24) is 9.55 Å². The van der Waals surface area contributed by atoms with Crippen LogP contribution in [-0.2, 0) is 31.6 Å². The molecule has 1 fully saturated rings. The third-order valence-corrected chi connectivity index (χ3v) is 6.95. The first-order valence-electron chi connectivity index (χ1n) is 7.16. The van der Waals surface area contributed by atoms with Crippen molar-refractivity contribution in [3.8, 4) is 0 Å². The summed E-state index contributed by atoms with van der Waals surface area (Å²) < 4.78 is 49.3. The number of rotatable bonds is 8. The molecule has 0 aliphatic carbocycles. The predicted octanol–water partition coefficient (Wildman–Crippen LogP) is -15.0. The number of nitrogens with one attached hydrogen (secondary N) is 1. The van der Waals surface area contributed by atoms with Crippen molar-refractivity contribution in [2.45, 2.75) is 24.5 Å². The Kier molecular flexibility index (Phi) is 21.2. The average molecular weight is 586 g/mol. The molecule has 0 saturated carbocycles. The first-order valence-corrected chi connectivity index (χ1v) is 11.6. The topological polar surface area (TPSA) is 336 Å². The Hall–Kier alpha value is 1.89. The number of H-pyrrole nitrogens is 1. The van der Waals surface area contributed by atoms with E-state index in [2.05, 4.69) is 13.1 Å². The van der Waals surface area contributed by atoms with Gasteiger partial charge in [0.25, 0.3) is 29.0 Å². The van der Waals surface area contributed by atoms with Gasteiger partial charge in [-0.2, -0.15) is 0 Å². The van der Waals surface area contributed by atoms with Gasteiger partial charge in [-0.1, -0.05) is 0 Å². The normalized spacial score (nSPS) is 26.4. The summed E-state index contributed by atoms with van der Waals surface area (Å²) in [6.07, 6.45) is -5.93. The molecule has 19 nitrogen and oxygen atoms in total. The molecule has 0 bridgehead atoms. The van der Waals surface area contributed by atoms with Crippen LogP contribution in [0.4, 0.5) is 0 Å². The number of hydrogen-bond acceptors (Lipinski definition) is 14. The van der Waals surface area contributed by atoms with Crippen LogP contribution in [0.5, 0.6) is 0 Å². The fourth-order valence-corrected chi connectivity index (χ4v) is 5.07. The molecular formula is C9H16N2Na3O17P3. The van der Waals surface area contributed by atoms with Crippen molar-refractivity contribution in [2.24, 2.45) is 0 Å². The smallest absolute Gasteiger partial charge is 0.756 e. The Morgan fingerprint density at radius 1 is 1.00 bits per heavy atom. The van der Waals surface area contributed by atoms with Crippen LogP contribution in [0.25, 0.3) is 0 Å². The van der Waals surface area contributed by atoms with E-state index >= 15 is 0 Å². The maximum Gasteiger partial charge on any atom is 1.00 e. The van der Waals surface area contributed by atoms with Crippen LogP contribution in [0.15, 0.2) is 21.9 Å². The fourth-order valence-electron chi connectivity index (χ4n) is 2.18. The molecule has 0 aromatic carbocycles. The second-order valence-electron chi connectivity index (χ2n) is 5.39. The summed E-state index contributed by atoms with van der Waals surface area (Å²) in [6, 6.07) is 0.898. The molecule has 25 heteroatoms. The van der Waals surface area contributed by atoms with Crippen molar-refractivity contribution in [3.63, 3.8) is 0 Å². The molecule has 182 valence electrons. The quantitative estimate of drug-likeness (QED) is 0.162. The van der Waals surface area contributed by atoms with Crippen molar-refractivity contribution >= 4 is 23.5 Å². The minimum atomic E-state index is -6.10. The summed E-state index contributed by atoms with van der Waals surface area (Å²) in [5.41, 5.74) is -1.79. The molecule has 1 aliphatic heterocycles. The summed E-state index contributed by atoms with van der Waals surface area (Å²) in [5, 5.41) is 19.8. The molecule has 2 rings (SSSR count). The Morgan fingerprint density at radius 2 is 1.53 bits per heavy atom. The minimum absolute atomic E-state index is 0. The minimum Gasteiger partial charge on any atom is -0.756 e. The molecule has 1 aliphatic rings. The first kappa shape index (κ1) is 43.0. The zero-order valence-electron chi connectivity index (χ0n) is 17.7. The largest absolute Gasteiger partial charge is 1.00 e. The van der Waals surface area contributed by atoms with E-state index in [1.165, 1.54) is 0 Å². The standard InChI is InChI=1S/C9H15N2O15P3.3Na.2H2O/c12-5-1-2-11(9(15)10-5)8-7(14)6(13)4(24-8)3-23-28(19,20)26-29(21,22)25-27(16,17)18;;;;;/h1-2,4,6-8,13-14H,3H2,(H,19,20)(H,21,22)(H,10,12,15)(H2,16,17,18);;;;2*1H2/q;3*+1;;/p-3. The number of nitrogens with zero attached hydrogens (tertiary/aromatic N) is 1. The van der Waals surface area contributed by atoms with Gasteiger partial charge in [0.2, 0.25) is 0 Å². The molecule has 1 aromatic heterocycles. The van der Waals surface area contributed by atoms with E-state index in [-0.39, 0.29) is 99.6 Å². The van der Waals surface area contributed by atoms with Crippen molar-refractivity contribution in [1.29, 1.82) is 0 Å². The van der Waals surface area contributed by atoms with Gasteiger partial charge in [-0.3, -0.25) is 28.0 Å². The van der Waals surface area contributed by atoms with E-state index in [1.807, 2.05) is 4.98 Å². The molecule has 34 heavy (non-hydrogen) atoms. The summed E-state index contributed by atoms with van der Waals surface area (Å²) >= 11 is 0. The molecule has 2 heterocycles. The van der Waals surface area contributed by atoms with Crippen LogP contribution in [-0.4, -0.2) is 60.5 Å². The van der Waals surface area contributed by atoms with E-state index in [9.17, 15) is 48.2 Å². The Morgan fingerprint density at radius 3 is 2.00 bits per heavy atom. The number of aromatic amines is 1. The molecule has 1 saturated heterocycles. The van der Waals surface area contributed by atoms with Crippen LogP contribution < -0.4 is 115 Å². The molecule has 0 spiro atoms. The van der Waals surface area contributed by atoms with Crippen LogP contribution in [0.1, 0.15) is 6.23 Å². The van der Waals surface area contributed by atoms with E-state index < -0.39 is 65.9 Å². The molecular weight excluding hydrogens is 570 g/mol. The van der Waals surface area contributed by atoms with Crippen LogP contribution >= 0.6 is 23.5 Å². The molecule has 0 radical (unpaired) electrons. The molecule has 1 aromatic rings. The second-order valence-corrected chi connectivity index (χ2v) is 9.68. The summed E-state index contributed by atoms with van der Waals surface area (Å²) in [4.78, 5) is 65.8. The van der Waals surface area contributed by atoms with E-state index in [0.717, 1.165) is 12.3 Å². The second kappa shape index (κ2) is 16.8. The number of aliphatic hydroxyl groups is 2. The Bertz CT molecular complexity index is 1010. The predicted molar refractivity (Wildman–Crippen MR) is 87.6 cm³/mol. The van der Waals surface area contributed by atoms with E-state index in [0.29, 0.717) is 4.57 Å². The third kappa shape index (κ3) is 13.1. The Balaban J connectivity index is -0.000000900. The van der Waals surface area contributed by atoms with Gasteiger partial charge in [0.15, 0.2) is 6.23 Å². The van der Waals surface area contributed by atoms with Crippen LogP contribution in [0.2, 0.25) is 0 Å². The third-order valence-electron chi connectivity index (χ3n) is 3.26. The fraction of sp³-hybridized carbons (Fsp3) is 0.556. The summed E-state index contributed by atoms with van der Waals surface area (Å²) in [7, 11) is -17.8. The van der Waals surface area contributed by atoms with Gasteiger partial charge >= 0.3 is 94.4 Å². The number of aliphatic hydroxyl groups excluding tert-OH is 2.